The molecule has 0 aromatic carbocycles. The van der Waals surface area contributed by atoms with Crippen molar-refractivity contribution in [3.63, 3.8) is 0 Å². The van der Waals surface area contributed by atoms with Crippen molar-refractivity contribution in [2.24, 2.45) is 5.92 Å². The Kier molecular flexibility index (Phi) is 2.75. The molecule has 82 valence electrons. The summed E-state index contributed by atoms with van der Waals surface area (Å²) in [5, 5.41) is 15.7. The second-order valence-electron chi connectivity index (χ2n) is 4.23. The Hall–Kier alpha value is -1.32. The zero-order chi connectivity index (χ0) is 10.8. The first kappa shape index (κ1) is 10.2. The van der Waals surface area contributed by atoms with Crippen molar-refractivity contribution in [3.8, 4) is 0 Å². The van der Waals surface area contributed by atoms with E-state index in [2.05, 4.69) is 17.1 Å². The average Bonchev–Trinajstić information content (AvgIpc) is 2.61. The van der Waals surface area contributed by atoms with Crippen LogP contribution >= 0.6 is 0 Å². The number of aromatic carboxylic acids is 1. The fourth-order valence-electron chi connectivity index (χ4n) is 2.40. The van der Waals surface area contributed by atoms with Crippen molar-refractivity contribution >= 4 is 5.97 Å². The van der Waals surface area contributed by atoms with Gasteiger partial charge in [-0.2, -0.15) is 5.10 Å². The number of aromatic nitrogens is 2. The quantitative estimate of drug-likeness (QED) is 0.798. The number of carbonyl (C=O) groups is 1. The lowest BCUT2D eigenvalue weighted by Gasteiger charge is -2.21. The molecular weight excluding hydrogens is 192 g/mol. The lowest BCUT2D eigenvalue weighted by molar-refractivity contribution is 0.0689. The molecule has 0 aliphatic heterocycles. The number of carboxylic acids is 1. The third-order valence-electron chi connectivity index (χ3n) is 3.15. The first-order chi connectivity index (χ1) is 7.22. The van der Waals surface area contributed by atoms with Crippen LogP contribution in [0.5, 0.6) is 0 Å². The monoisotopic (exact) mass is 208 g/mol. The lowest BCUT2D eigenvalue weighted by atomic mass is 9.84. The smallest absolute Gasteiger partial charge is 0.356 e. The third kappa shape index (κ3) is 1.89. The Morgan fingerprint density at radius 3 is 3.13 bits per heavy atom. The molecule has 1 aromatic rings. The number of aryl methyl sites for hydroxylation is 1. The zero-order valence-electron chi connectivity index (χ0n) is 8.92. The molecule has 0 spiro atoms. The Labute approximate surface area is 88.7 Å². The van der Waals surface area contributed by atoms with E-state index >= 15 is 0 Å². The Morgan fingerprint density at radius 1 is 1.67 bits per heavy atom. The number of fused-ring (bicyclic) bond motifs is 1. The van der Waals surface area contributed by atoms with Gasteiger partial charge >= 0.3 is 5.97 Å². The summed E-state index contributed by atoms with van der Waals surface area (Å²) >= 11 is 0. The Bertz CT molecular complexity index is 371. The fourth-order valence-corrected chi connectivity index (χ4v) is 2.40. The third-order valence-corrected chi connectivity index (χ3v) is 3.15. The predicted molar refractivity (Wildman–Crippen MR) is 56.0 cm³/mol. The summed E-state index contributed by atoms with van der Waals surface area (Å²) in [6.45, 7) is 2.17. The summed E-state index contributed by atoms with van der Waals surface area (Å²) in [6.07, 6.45) is 5.33. The van der Waals surface area contributed by atoms with Crippen molar-refractivity contribution in [1.82, 2.24) is 10.2 Å². The van der Waals surface area contributed by atoms with E-state index in [0.29, 0.717) is 5.92 Å². The number of rotatable bonds is 3. The maximum Gasteiger partial charge on any atom is 0.356 e. The second kappa shape index (κ2) is 4.04. The molecule has 1 aliphatic rings. The number of H-pyrrole nitrogens is 1. The van der Waals surface area contributed by atoms with Crippen LogP contribution in [0.15, 0.2) is 0 Å². The molecule has 0 saturated heterocycles. The lowest BCUT2D eigenvalue weighted by Crippen LogP contribution is -2.15. The van der Waals surface area contributed by atoms with E-state index in [-0.39, 0.29) is 5.69 Å². The first-order valence-electron chi connectivity index (χ1n) is 5.51. The number of hydrogen-bond acceptors (Lipinski definition) is 2. The molecule has 1 aromatic heterocycles. The van der Waals surface area contributed by atoms with Crippen LogP contribution in [-0.4, -0.2) is 21.3 Å². The molecule has 0 amide bonds. The molecule has 0 radical (unpaired) electrons. The molecule has 1 aliphatic carbocycles. The van der Waals surface area contributed by atoms with Crippen LogP contribution in [0.4, 0.5) is 0 Å². The maximum absolute atomic E-state index is 10.9. The Morgan fingerprint density at radius 2 is 2.47 bits per heavy atom. The molecule has 2 N–H and O–H groups in total. The van der Waals surface area contributed by atoms with Gasteiger partial charge in [0.25, 0.3) is 0 Å². The summed E-state index contributed by atoms with van der Waals surface area (Å²) in [5.41, 5.74) is 2.19. The van der Waals surface area contributed by atoms with E-state index < -0.39 is 5.97 Å². The SMILES string of the molecule is CCCC1CCc2[nH]nc(C(=O)O)c2C1. The highest BCUT2D eigenvalue weighted by atomic mass is 16.4. The van der Waals surface area contributed by atoms with E-state index in [1.54, 1.807) is 0 Å². The van der Waals surface area contributed by atoms with Crippen molar-refractivity contribution in [2.75, 3.05) is 0 Å². The van der Waals surface area contributed by atoms with Gasteiger partial charge in [-0.1, -0.05) is 19.8 Å². The molecule has 4 nitrogen and oxygen atoms in total. The summed E-state index contributed by atoms with van der Waals surface area (Å²) in [7, 11) is 0. The van der Waals surface area contributed by atoms with Gasteiger partial charge in [0.15, 0.2) is 5.69 Å². The summed E-state index contributed by atoms with van der Waals surface area (Å²) in [5.74, 6) is -0.275. The molecule has 2 rings (SSSR count). The highest BCUT2D eigenvalue weighted by molar-refractivity contribution is 5.87. The van der Waals surface area contributed by atoms with Crippen molar-refractivity contribution < 1.29 is 9.90 Å². The number of nitrogens with zero attached hydrogens (tertiary/aromatic N) is 1. The van der Waals surface area contributed by atoms with Gasteiger partial charge in [-0.05, 0) is 25.2 Å². The number of hydrogen-bond donors (Lipinski definition) is 2. The normalized spacial score (nSPS) is 19.9. The van der Waals surface area contributed by atoms with Gasteiger partial charge in [-0.25, -0.2) is 4.79 Å². The maximum atomic E-state index is 10.9. The summed E-state index contributed by atoms with van der Waals surface area (Å²) in [4.78, 5) is 10.9. The Balaban J connectivity index is 2.22. The number of aromatic amines is 1. The van der Waals surface area contributed by atoms with Gasteiger partial charge in [0.1, 0.15) is 0 Å². The van der Waals surface area contributed by atoms with Crippen LogP contribution in [0, 0.1) is 5.92 Å². The van der Waals surface area contributed by atoms with Crippen LogP contribution in [0.3, 0.4) is 0 Å². The molecule has 0 bridgehead atoms. The molecule has 0 fully saturated rings. The highest BCUT2D eigenvalue weighted by Gasteiger charge is 2.25. The van der Waals surface area contributed by atoms with Gasteiger partial charge in [0.05, 0.1) is 0 Å². The average molecular weight is 208 g/mol. The van der Waals surface area contributed by atoms with Crippen molar-refractivity contribution in [3.05, 3.63) is 17.0 Å². The van der Waals surface area contributed by atoms with Gasteiger partial charge in [-0.15, -0.1) is 0 Å². The minimum Gasteiger partial charge on any atom is -0.476 e. The molecule has 0 saturated carbocycles. The highest BCUT2D eigenvalue weighted by Crippen LogP contribution is 2.29. The van der Waals surface area contributed by atoms with Gasteiger partial charge in [-0.3, -0.25) is 5.10 Å². The van der Waals surface area contributed by atoms with E-state index in [1.807, 2.05) is 0 Å². The fraction of sp³-hybridized carbons (Fsp3) is 0.636. The molecule has 4 heteroatoms. The van der Waals surface area contributed by atoms with E-state index in [0.717, 1.165) is 30.5 Å². The summed E-state index contributed by atoms with van der Waals surface area (Å²) in [6, 6.07) is 0. The largest absolute Gasteiger partial charge is 0.476 e. The first-order valence-corrected chi connectivity index (χ1v) is 5.51. The van der Waals surface area contributed by atoms with Crippen molar-refractivity contribution in [1.29, 1.82) is 0 Å². The molecule has 1 heterocycles. The minimum atomic E-state index is -0.912. The summed E-state index contributed by atoms with van der Waals surface area (Å²) < 4.78 is 0. The van der Waals surface area contributed by atoms with Gasteiger partial charge in [0.2, 0.25) is 0 Å². The van der Waals surface area contributed by atoms with Crippen LogP contribution in [-0.2, 0) is 12.8 Å². The van der Waals surface area contributed by atoms with Gasteiger partial charge < -0.3 is 5.11 Å². The molecule has 1 atom stereocenters. The van der Waals surface area contributed by atoms with E-state index in [1.165, 1.54) is 12.8 Å². The standard InChI is InChI=1S/C11H16N2O2/c1-2-3-7-4-5-9-8(6-7)10(11(14)15)13-12-9/h7H,2-6H2,1H3,(H,12,13)(H,14,15). The van der Waals surface area contributed by atoms with Crippen molar-refractivity contribution in [2.45, 2.75) is 39.0 Å². The zero-order valence-corrected chi connectivity index (χ0v) is 8.92. The predicted octanol–water partition coefficient (Wildman–Crippen LogP) is 2.01. The van der Waals surface area contributed by atoms with Crippen LogP contribution in [0.25, 0.3) is 0 Å². The number of carboxylic acid groups (broad SMARTS) is 1. The molecule has 1 unspecified atom stereocenters. The number of nitrogens with one attached hydrogen (secondary N) is 1. The van der Waals surface area contributed by atoms with Gasteiger partial charge in [0, 0.05) is 11.3 Å². The molecular formula is C11H16N2O2. The molecule has 15 heavy (non-hydrogen) atoms. The second-order valence-corrected chi connectivity index (χ2v) is 4.23. The van der Waals surface area contributed by atoms with Crippen LogP contribution < -0.4 is 0 Å². The van der Waals surface area contributed by atoms with Crippen LogP contribution in [0.1, 0.15) is 47.9 Å². The van der Waals surface area contributed by atoms with Crippen LogP contribution in [0.2, 0.25) is 0 Å². The van der Waals surface area contributed by atoms with E-state index in [9.17, 15) is 4.79 Å². The van der Waals surface area contributed by atoms with E-state index in [4.69, 9.17) is 5.11 Å². The minimum absolute atomic E-state index is 0.228. The topological polar surface area (TPSA) is 66.0 Å².